The van der Waals surface area contributed by atoms with Crippen molar-refractivity contribution >= 4 is 23.6 Å². The van der Waals surface area contributed by atoms with Crippen molar-refractivity contribution in [2.75, 3.05) is 12.8 Å². The summed E-state index contributed by atoms with van der Waals surface area (Å²) in [5.74, 6) is 0.554. The lowest BCUT2D eigenvalue weighted by Crippen LogP contribution is -2.58. The fraction of sp³-hybridized carbons (Fsp3) is 0.875. The maximum atomic E-state index is 13.1. The molecule has 118 valence electrons. The lowest BCUT2D eigenvalue weighted by molar-refractivity contribution is -0.141. The molecule has 2 amide bonds. The summed E-state index contributed by atoms with van der Waals surface area (Å²) in [4.78, 5) is 27.1. The molecule has 1 atom stereocenters. The molecule has 1 aliphatic heterocycles. The Kier molecular flexibility index (Phi) is 4.21. The van der Waals surface area contributed by atoms with Crippen LogP contribution in [-0.2, 0) is 9.59 Å². The molecule has 4 nitrogen and oxygen atoms in total. The Morgan fingerprint density at radius 2 is 1.81 bits per heavy atom. The summed E-state index contributed by atoms with van der Waals surface area (Å²) in [7, 11) is 0. The minimum atomic E-state index is -0.649. The number of carbonyl (C=O) groups excluding carboxylic acids is 2. The predicted molar refractivity (Wildman–Crippen MR) is 85.2 cm³/mol. The normalized spacial score (nSPS) is 38.1. The molecule has 0 spiro atoms. The van der Waals surface area contributed by atoms with Crippen LogP contribution >= 0.6 is 11.8 Å². The predicted octanol–water partition coefficient (Wildman–Crippen LogP) is 2.18. The summed E-state index contributed by atoms with van der Waals surface area (Å²) < 4.78 is 0. The molecule has 0 bridgehead atoms. The molecule has 0 aromatic heterocycles. The summed E-state index contributed by atoms with van der Waals surface area (Å²) in [5.41, 5.74) is -0.649. The van der Waals surface area contributed by atoms with Crippen LogP contribution in [0.1, 0.15) is 51.9 Å². The van der Waals surface area contributed by atoms with E-state index in [9.17, 15) is 9.59 Å². The minimum absolute atomic E-state index is 0.0399. The number of thioether (sulfide) groups is 1. The number of nitrogens with zero attached hydrogens (tertiary/aromatic N) is 1. The first-order valence-corrected chi connectivity index (χ1v) is 9.48. The highest BCUT2D eigenvalue weighted by Crippen LogP contribution is 2.42. The zero-order valence-corrected chi connectivity index (χ0v) is 13.9. The van der Waals surface area contributed by atoms with Crippen molar-refractivity contribution in [1.29, 1.82) is 0 Å². The summed E-state index contributed by atoms with van der Waals surface area (Å²) in [6.07, 6.45) is 9.32. The van der Waals surface area contributed by atoms with Crippen molar-refractivity contribution in [2.24, 2.45) is 5.92 Å². The van der Waals surface area contributed by atoms with Crippen LogP contribution in [0.2, 0.25) is 0 Å². The second-order valence-corrected chi connectivity index (χ2v) is 8.08. The molecule has 0 aromatic rings. The first kappa shape index (κ1) is 15.2. The van der Waals surface area contributed by atoms with Crippen LogP contribution in [0.5, 0.6) is 0 Å². The van der Waals surface area contributed by atoms with Gasteiger partial charge in [-0.1, -0.05) is 0 Å². The Morgan fingerprint density at radius 1 is 1.14 bits per heavy atom. The van der Waals surface area contributed by atoms with Crippen molar-refractivity contribution in [3.05, 3.63) is 0 Å². The molecule has 3 aliphatic rings. The number of hydrogen-bond donors (Lipinski definition) is 1. The van der Waals surface area contributed by atoms with Gasteiger partial charge in [-0.15, -0.1) is 0 Å². The maximum Gasteiger partial charge on any atom is 0.248 e. The molecule has 1 unspecified atom stereocenters. The fourth-order valence-electron chi connectivity index (χ4n) is 3.91. The Hall–Kier alpha value is -0.710. The van der Waals surface area contributed by atoms with Crippen molar-refractivity contribution < 1.29 is 9.59 Å². The molecule has 21 heavy (non-hydrogen) atoms. The number of carbonyl (C=O) groups is 2. The Bertz CT molecular complexity index is 430. The fourth-order valence-corrected chi connectivity index (χ4v) is 4.65. The summed E-state index contributed by atoms with van der Waals surface area (Å²) in [6.45, 7) is 2.54. The van der Waals surface area contributed by atoms with Crippen LogP contribution in [0.25, 0.3) is 0 Å². The van der Waals surface area contributed by atoms with E-state index in [2.05, 4.69) is 11.6 Å². The number of hydrogen-bond acceptors (Lipinski definition) is 3. The number of amides is 2. The van der Waals surface area contributed by atoms with Crippen molar-refractivity contribution in [2.45, 2.75) is 68.7 Å². The highest BCUT2D eigenvalue weighted by atomic mass is 32.2. The SMILES string of the molecule is CSC1CCC(N2CCC(=O)NC(C)(C3CC3)C2=O)CC1. The van der Waals surface area contributed by atoms with Gasteiger partial charge >= 0.3 is 0 Å². The van der Waals surface area contributed by atoms with Gasteiger partial charge in [0.15, 0.2) is 0 Å². The van der Waals surface area contributed by atoms with Gasteiger partial charge in [0, 0.05) is 24.3 Å². The first-order chi connectivity index (χ1) is 10.0. The quantitative estimate of drug-likeness (QED) is 0.869. The summed E-state index contributed by atoms with van der Waals surface area (Å²) >= 11 is 1.94. The third-order valence-electron chi connectivity index (χ3n) is 5.50. The lowest BCUT2D eigenvalue weighted by Gasteiger charge is -2.39. The van der Waals surface area contributed by atoms with Gasteiger partial charge in [-0.2, -0.15) is 11.8 Å². The largest absolute Gasteiger partial charge is 0.342 e. The summed E-state index contributed by atoms with van der Waals surface area (Å²) in [5, 5.41) is 3.77. The molecular weight excluding hydrogens is 284 g/mol. The number of rotatable bonds is 3. The minimum Gasteiger partial charge on any atom is -0.342 e. The molecule has 3 fully saturated rings. The molecule has 0 radical (unpaired) electrons. The zero-order chi connectivity index (χ0) is 15.0. The lowest BCUT2D eigenvalue weighted by atomic mass is 9.89. The van der Waals surface area contributed by atoms with Crippen molar-refractivity contribution in [1.82, 2.24) is 10.2 Å². The molecular formula is C16H26N2O2S. The van der Waals surface area contributed by atoms with Gasteiger partial charge in [0.05, 0.1) is 0 Å². The standard InChI is InChI=1S/C16H26N2O2S/c1-16(11-3-4-11)15(20)18(10-9-14(19)17-16)12-5-7-13(21-2)8-6-12/h11-13H,3-10H2,1-2H3,(H,17,19). The van der Waals surface area contributed by atoms with E-state index in [-0.39, 0.29) is 11.8 Å². The van der Waals surface area contributed by atoms with Gasteiger partial charge in [-0.25, -0.2) is 0 Å². The smallest absolute Gasteiger partial charge is 0.248 e. The molecule has 5 heteroatoms. The molecule has 1 saturated heterocycles. The third-order valence-corrected chi connectivity index (χ3v) is 6.63. The number of nitrogens with one attached hydrogen (secondary N) is 1. The van der Waals surface area contributed by atoms with Gasteiger partial charge in [-0.05, 0) is 57.6 Å². The van der Waals surface area contributed by atoms with Crippen LogP contribution < -0.4 is 5.32 Å². The van der Waals surface area contributed by atoms with E-state index in [1.54, 1.807) is 0 Å². The second-order valence-electron chi connectivity index (χ2n) is 6.94. The van der Waals surface area contributed by atoms with Gasteiger partial charge in [0.25, 0.3) is 0 Å². The molecule has 1 N–H and O–H groups in total. The topological polar surface area (TPSA) is 49.4 Å². The molecule has 2 aliphatic carbocycles. The Labute approximate surface area is 131 Å². The maximum absolute atomic E-state index is 13.1. The van der Waals surface area contributed by atoms with Gasteiger partial charge in [0.2, 0.25) is 11.8 Å². The van der Waals surface area contributed by atoms with E-state index < -0.39 is 5.54 Å². The van der Waals surface area contributed by atoms with E-state index in [0.717, 1.165) is 30.9 Å². The average Bonchev–Trinajstić information content (AvgIpc) is 3.32. The van der Waals surface area contributed by atoms with E-state index >= 15 is 0 Å². The van der Waals surface area contributed by atoms with Crippen LogP contribution in [0.3, 0.4) is 0 Å². The monoisotopic (exact) mass is 310 g/mol. The van der Waals surface area contributed by atoms with E-state index in [4.69, 9.17) is 0 Å². The van der Waals surface area contributed by atoms with Gasteiger partial charge < -0.3 is 10.2 Å². The molecule has 0 aromatic carbocycles. The molecule has 1 heterocycles. The highest BCUT2D eigenvalue weighted by Gasteiger charge is 2.52. The van der Waals surface area contributed by atoms with E-state index in [1.807, 2.05) is 23.6 Å². The van der Waals surface area contributed by atoms with Crippen LogP contribution in [0.15, 0.2) is 0 Å². The first-order valence-electron chi connectivity index (χ1n) is 8.19. The Balaban J connectivity index is 1.75. The second kappa shape index (κ2) is 5.82. The van der Waals surface area contributed by atoms with Crippen molar-refractivity contribution in [3.8, 4) is 0 Å². The van der Waals surface area contributed by atoms with Crippen molar-refractivity contribution in [3.63, 3.8) is 0 Å². The van der Waals surface area contributed by atoms with Crippen LogP contribution in [0, 0.1) is 5.92 Å². The summed E-state index contributed by atoms with van der Waals surface area (Å²) in [6, 6.07) is 0.340. The van der Waals surface area contributed by atoms with Crippen LogP contribution in [-0.4, -0.2) is 46.3 Å². The van der Waals surface area contributed by atoms with E-state index in [1.165, 1.54) is 12.8 Å². The highest BCUT2D eigenvalue weighted by molar-refractivity contribution is 7.99. The van der Waals surface area contributed by atoms with Gasteiger partial charge in [-0.3, -0.25) is 9.59 Å². The zero-order valence-electron chi connectivity index (χ0n) is 13.1. The molecule has 2 saturated carbocycles. The average molecular weight is 310 g/mol. The van der Waals surface area contributed by atoms with Crippen LogP contribution in [0.4, 0.5) is 0 Å². The Morgan fingerprint density at radius 3 is 2.38 bits per heavy atom. The third kappa shape index (κ3) is 2.94. The molecule has 3 rings (SSSR count). The van der Waals surface area contributed by atoms with Gasteiger partial charge in [0.1, 0.15) is 5.54 Å². The van der Waals surface area contributed by atoms with E-state index in [0.29, 0.717) is 24.9 Å².